The van der Waals surface area contributed by atoms with E-state index in [1.807, 2.05) is 0 Å². The van der Waals surface area contributed by atoms with E-state index in [-0.39, 0.29) is 17.9 Å². The van der Waals surface area contributed by atoms with Gasteiger partial charge in [-0.1, -0.05) is 18.2 Å². The summed E-state index contributed by atoms with van der Waals surface area (Å²) in [6.45, 7) is -0.0730. The number of anilines is 1. The van der Waals surface area contributed by atoms with E-state index in [1.165, 1.54) is 19.2 Å². The van der Waals surface area contributed by atoms with Gasteiger partial charge in [-0.05, 0) is 36.4 Å². The van der Waals surface area contributed by atoms with Gasteiger partial charge in [0.2, 0.25) is 0 Å². The van der Waals surface area contributed by atoms with Crippen LogP contribution in [0.1, 0.15) is 6.42 Å². The van der Waals surface area contributed by atoms with Crippen molar-refractivity contribution in [3.8, 4) is 0 Å². The third kappa shape index (κ3) is 4.07. The minimum atomic E-state index is -3.92. The van der Waals surface area contributed by atoms with E-state index in [0.29, 0.717) is 5.69 Å². The summed E-state index contributed by atoms with van der Waals surface area (Å²) in [5, 5.41) is 0. The van der Waals surface area contributed by atoms with Crippen LogP contribution >= 0.6 is 0 Å². The van der Waals surface area contributed by atoms with Gasteiger partial charge in [0.15, 0.2) is 0 Å². The largest absolute Gasteiger partial charge is 0.469 e. The highest BCUT2D eigenvalue weighted by atomic mass is 32.2. The average molecular weight is 337 g/mol. The van der Waals surface area contributed by atoms with Crippen molar-refractivity contribution in [2.75, 3.05) is 18.0 Å². The van der Waals surface area contributed by atoms with E-state index in [2.05, 4.69) is 4.74 Å². The summed E-state index contributed by atoms with van der Waals surface area (Å²) in [5.74, 6) is -1.04. The number of rotatable bonds is 6. The van der Waals surface area contributed by atoms with Crippen LogP contribution in [0.3, 0.4) is 0 Å². The third-order valence-corrected chi connectivity index (χ3v) is 5.03. The van der Waals surface area contributed by atoms with Crippen molar-refractivity contribution in [3.05, 3.63) is 60.4 Å². The van der Waals surface area contributed by atoms with E-state index >= 15 is 0 Å². The zero-order valence-corrected chi connectivity index (χ0v) is 13.3. The molecule has 0 aliphatic rings. The minimum absolute atomic E-state index is 0.0485. The van der Waals surface area contributed by atoms with Crippen LogP contribution in [0.4, 0.5) is 10.1 Å². The molecule has 5 nitrogen and oxygen atoms in total. The molecule has 2 rings (SSSR count). The van der Waals surface area contributed by atoms with Gasteiger partial charge in [-0.2, -0.15) is 0 Å². The van der Waals surface area contributed by atoms with Crippen LogP contribution in [0.5, 0.6) is 0 Å². The first-order valence-corrected chi connectivity index (χ1v) is 8.29. The molecule has 0 aliphatic carbocycles. The predicted molar refractivity (Wildman–Crippen MR) is 84.0 cm³/mol. The molecule has 0 amide bonds. The number of hydrogen-bond donors (Lipinski definition) is 0. The maximum atomic E-state index is 13.0. The summed E-state index contributed by atoms with van der Waals surface area (Å²) in [5.41, 5.74) is 0.417. The molecule has 0 aromatic heterocycles. The molecule has 0 saturated heterocycles. The normalized spacial score (nSPS) is 11.0. The minimum Gasteiger partial charge on any atom is -0.469 e. The van der Waals surface area contributed by atoms with Crippen molar-refractivity contribution >= 4 is 21.7 Å². The Morgan fingerprint density at radius 2 is 1.70 bits per heavy atom. The molecule has 2 aromatic carbocycles. The van der Waals surface area contributed by atoms with Crippen LogP contribution in [-0.2, 0) is 19.6 Å². The number of carbonyl (C=O) groups excluding carboxylic acids is 1. The van der Waals surface area contributed by atoms with Crippen molar-refractivity contribution < 1.29 is 22.3 Å². The van der Waals surface area contributed by atoms with Crippen LogP contribution in [0.2, 0.25) is 0 Å². The lowest BCUT2D eigenvalue weighted by atomic mass is 10.3. The fourth-order valence-electron chi connectivity index (χ4n) is 2.01. The molecule has 23 heavy (non-hydrogen) atoms. The van der Waals surface area contributed by atoms with Crippen LogP contribution in [0.15, 0.2) is 59.5 Å². The second kappa shape index (κ2) is 7.23. The van der Waals surface area contributed by atoms with E-state index in [1.54, 1.807) is 30.3 Å². The third-order valence-electron chi connectivity index (χ3n) is 3.19. The van der Waals surface area contributed by atoms with Gasteiger partial charge in [-0.3, -0.25) is 9.10 Å². The zero-order valence-electron chi connectivity index (χ0n) is 12.5. The monoisotopic (exact) mass is 337 g/mol. The zero-order chi connectivity index (χ0) is 16.9. The summed E-state index contributed by atoms with van der Waals surface area (Å²) in [4.78, 5) is 11.3. The number of benzene rings is 2. The van der Waals surface area contributed by atoms with Gasteiger partial charge in [-0.25, -0.2) is 12.8 Å². The Labute approximate surface area is 134 Å². The summed E-state index contributed by atoms with van der Waals surface area (Å²) in [6, 6.07) is 12.9. The van der Waals surface area contributed by atoms with Gasteiger partial charge in [0.05, 0.1) is 24.1 Å². The maximum Gasteiger partial charge on any atom is 0.307 e. The molecule has 0 radical (unpaired) electrons. The van der Waals surface area contributed by atoms with Crippen molar-refractivity contribution in [1.82, 2.24) is 0 Å². The van der Waals surface area contributed by atoms with Gasteiger partial charge in [0.1, 0.15) is 5.82 Å². The van der Waals surface area contributed by atoms with Gasteiger partial charge >= 0.3 is 5.97 Å². The van der Waals surface area contributed by atoms with Crippen LogP contribution in [0, 0.1) is 5.82 Å². The molecule has 0 bridgehead atoms. The molecule has 0 fully saturated rings. The van der Waals surface area contributed by atoms with Crippen molar-refractivity contribution in [3.63, 3.8) is 0 Å². The van der Waals surface area contributed by atoms with E-state index in [9.17, 15) is 17.6 Å². The molecule has 0 unspecified atom stereocenters. The van der Waals surface area contributed by atoms with Gasteiger partial charge in [0, 0.05) is 6.54 Å². The number of para-hydroxylation sites is 1. The van der Waals surface area contributed by atoms with E-state index in [4.69, 9.17) is 0 Å². The molecule has 2 aromatic rings. The first kappa shape index (κ1) is 17.0. The number of halogens is 1. The molecule has 0 heterocycles. The number of carbonyl (C=O) groups is 1. The molecule has 0 spiro atoms. The quantitative estimate of drug-likeness (QED) is 0.760. The number of esters is 1. The van der Waals surface area contributed by atoms with Crippen LogP contribution in [-0.4, -0.2) is 28.0 Å². The maximum absolute atomic E-state index is 13.0. The fourth-order valence-corrected chi connectivity index (χ4v) is 3.48. The van der Waals surface area contributed by atoms with Gasteiger partial charge < -0.3 is 4.74 Å². The van der Waals surface area contributed by atoms with Crippen LogP contribution < -0.4 is 4.31 Å². The van der Waals surface area contributed by atoms with Gasteiger partial charge in [-0.15, -0.1) is 0 Å². The average Bonchev–Trinajstić information content (AvgIpc) is 2.56. The number of ether oxygens (including phenoxy) is 1. The lowest BCUT2D eigenvalue weighted by Crippen LogP contribution is -2.33. The smallest absolute Gasteiger partial charge is 0.307 e. The Bertz CT molecular complexity index is 760. The molecular weight excluding hydrogens is 321 g/mol. The van der Waals surface area contributed by atoms with Crippen molar-refractivity contribution in [2.24, 2.45) is 0 Å². The summed E-state index contributed by atoms with van der Waals surface area (Å²) < 4.78 is 44.3. The summed E-state index contributed by atoms with van der Waals surface area (Å²) >= 11 is 0. The van der Waals surface area contributed by atoms with E-state index in [0.717, 1.165) is 16.4 Å². The molecule has 0 atom stereocenters. The van der Waals surface area contributed by atoms with Crippen molar-refractivity contribution in [2.45, 2.75) is 11.3 Å². The number of methoxy groups -OCH3 is 1. The number of hydrogen-bond acceptors (Lipinski definition) is 4. The Morgan fingerprint density at radius 1 is 1.09 bits per heavy atom. The highest BCUT2D eigenvalue weighted by Gasteiger charge is 2.25. The highest BCUT2D eigenvalue weighted by molar-refractivity contribution is 7.92. The first-order chi connectivity index (χ1) is 10.9. The Balaban J connectivity index is 2.39. The molecule has 0 N–H and O–H groups in total. The molecule has 0 aliphatic heterocycles. The summed E-state index contributed by atoms with van der Waals surface area (Å²) in [7, 11) is -2.68. The topological polar surface area (TPSA) is 63.7 Å². The lowest BCUT2D eigenvalue weighted by Gasteiger charge is -2.24. The SMILES string of the molecule is COC(=O)CCN(c1ccccc1)S(=O)(=O)c1ccc(F)cc1. The molecular formula is C16H16FNO4S. The summed E-state index contributed by atoms with van der Waals surface area (Å²) in [6.07, 6.45) is -0.0914. The van der Waals surface area contributed by atoms with Crippen molar-refractivity contribution in [1.29, 1.82) is 0 Å². The number of sulfonamides is 1. The Kier molecular flexibility index (Phi) is 5.33. The Morgan fingerprint density at radius 3 is 2.26 bits per heavy atom. The highest BCUT2D eigenvalue weighted by Crippen LogP contribution is 2.24. The molecule has 0 saturated carbocycles. The second-order valence-corrected chi connectivity index (χ2v) is 6.56. The first-order valence-electron chi connectivity index (χ1n) is 6.85. The molecule has 7 heteroatoms. The predicted octanol–water partition coefficient (Wildman–Crippen LogP) is 2.58. The standard InChI is InChI=1S/C16H16FNO4S/c1-22-16(19)11-12-18(14-5-3-2-4-6-14)23(20,21)15-9-7-13(17)8-10-15/h2-10H,11-12H2,1H3. The lowest BCUT2D eigenvalue weighted by molar-refractivity contribution is -0.140. The molecule has 122 valence electrons. The van der Waals surface area contributed by atoms with E-state index < -0.39 is 21.8 Å². The fraction of sp³-hybridized carbons (Fsp3) is 0.188. The Hall–Kier alpha value is -2.41. The second-order valence-electron chi connectivity index (χ2n) is 4.69. The van der Waals surface area contributed by atoms with Crippen LogP contribution in [0.25, 0.3) is 0 Å². The van der Waals surface area contributed by atoms with Gasteiger partial charge in [0.25, 0.3) is 10.0 Å². The number of nitrogens with zero attached hydrogens (tertiary/aromatic N) is 1.